The fourth-order valence-electron chi connectivity index (χ4n) is 3.06. The monoisotopic (exact) mass is 370 g/mol. The molecular weight excluding hydrogens is 352 g/mol. The first-order valence-electron chi connectivity index (χ1n) is 8.51. The van der Waals surface area contributed by atoms with Gasteiger partial charge in [0, 0.05) is 43.6 Å². The van der Waals surface area contributed by atoms with Gasteiger partial charge < -0.3 is 4.90 Å². The Hall–Kier alpha value is -2.58. The molecule has 2 aromatic heterocycles. The van der Waals surface area contributed by atoms with Crippen molar-refractivity contribution < 1.29 is 0 Å². The zero-order chi connectivity index (χ0) is 17.9. The minimum atomic E-state index is 0.0898. The third-order valence-corrected chi connectivity index (χ3v) is 4.81. The first-order valence-corrected chi connectivity index (χ1v) is 8.89. The summed E-state index contributed by atoms with van der Waals surface area (Å²) in [5, 5.41) is 13.6. The van der Waals surface area contributed by atoms with Crippen molar-refractivity contribution in [3.8, 4) is 5.69 Å². The van der Waals surface area contributed by atoms with E-state index in [-0.39, 0.29) is 6.04 Å². The van der Waals surface area contributed by atoms with Crippen molar-refractivity contribution in [1.82, 2.24) is 35.1 Å². The Morgan fingerprint density at radius 3 is 2.69 bits per heavy atom. The molecule has 1 saturated heterocycles. The summed E-state index contributed by atoms with van der Waals surface area (Å²) >= 11 is 6.04. The minimum Gasteiger partial charge on any atom is -0.353 e. The van der Waals surface area contributed by atoms with Crippen molar-refractivity contribution in [3.05, 3.63) is 53.7 Å². The summed E-state index contributed by atoms with van der Waals surface area (Å²) in [6, 6.07) is 7.50. The number of anilines is 1. The van der Waals surface area contributed by atoms with Gasteiger partial charge in [-0.15, -0.1) is 15.0 Å². The van der Waals surface area contributed by atoms with E-state index in [0.29, 0.717) is 10.8 Å². The molecule has 3 aromatic rings. The van der Waals surface area contributed by atoms with Crippen LogP contribution in [-0.2, 0) is 0 Å². The molecule has 0 saturated carbocycles. The predicted octanol–water partition coefficient (Wildman–Crippen LogP) is 1.99. The average Bonchev–Trinajstić information content (AvgIpc) is 3.18. The van der Waals surface area contributed by atoms with Gasteiger partial charge in [-0.05, 0) is 30.3 Å². The summed E-state index contributed by atoms with van der Waals surface area (Å²) in [6.07, 6.45) is 5.22. The van der Waals surface area contributed by atoms with Gasteiger partial charge in [0.05, 0.1) is 17.9 Å². The summed E-state index contributed by atoms with van der Waals surface area (Å²) in [4.78, 5) is 14.6. The molecule has 8 nitrogen and oxygen atoms in total. The number of aromatic nitrogens is 6. The molecule has 0 radical (unpaired) electrons. The Kier molecular flexibility index (Phi) is 4.77. The van der Waals surface area contributed by atoms with Crippen molar-refractivity contribution in [2.45, 2.75) is 13.0 Å². The van der Waals surface area contributed by atoms with Crippen LogP contribution in [0.4, 0.5) is 5.82 Å². The molecule has 0 unspecified atom stereocenters. The number of benzene rings is 1. The van der Waals surface area contributed by atoms with Crippen LogP contribution in [-0.4, -0.2) is 61.3 Å². The second kappa shape index (κ2) is 7.35. The quantitative estimate of drug-likeness (QED) is 0.695. The molecule has 1 aromatic carbocycles. The van der Waals surface area contributed by atoms with E-state index in [1.807, 2.05) is 24.3 Å². The van der Waals surface area contributed by atoms with Gasteiger partial charge in [0.25, 0.3) is 0 Å². The van der Waals surface area contributed by atoms with Crippen LogP contribution in [0.3, 0.4) is 0 Å². The van der Waals surface area contributed by atoms with E-state index in [1.165, 1.54) is 4.80 Å². The largest absolute Gasteiger partial charge is 0.353 e. The highest BCUT2D eigenvalue weighted by atomic mass is 35.5. The lowest BCUT2D eigenvalue weighted by atomic mass is 10.2. The first kappa shape index (κ1) is 16.9. The molecule has 1 aliphatic rings. The number of hydrogen-bond donors (Lipinski definition) is 0. The smallest absolute Gasteiger partial charge is 0.192 e. The normalized spacial score (nSPS) is 16.6. The SMILES string of the molecule is C[C@@H](c1nnn(-c2cccc(Cl)c2)n1)N1CCN(c2cnccn2)CC1. The lowest BCUT2D eigenvalue weighted by Gasteiger charge is -2.37. The molecule has 134 valence electrons. The molecule has 3 heterocycles. The molecular formula is C17H19ClN8. The second-order valence-electron chi connectivity index (χ2n) is 6.18. The zero-order valence-electron chi connectivity index (χ0n) is 14.4. The lowest BCUT2D eigenvalue weighted by molar-refractivity contribution is 0.191. The fourth-order valence-corrected chi connectivity index (χ4v) is 3.24. The van der Waals surface area contributed by atoms with E-state index in [1.54, 1.807) is 18.6 Å². The third-order valence-electron chi connectivity index (χ3n) is 4.58. The van der Waals surface area contributed by atoms with Gasteiger partial charge in [0.2, 0.25) is 0 Å². The Morgan fingerprint density at radius 1 is 1.12 bits per heavy atom. The van der Waals surface area contributed by atoms with Gasteiger partial charge in [-0.1, -0.05) is 17.7 Å². The number of hydrogen-bond acceptors (Lipinski definition) is 7. The van der Waals surface area contributed by atoms with Gasteiger partial charge in [-0.3, -0.25) is 9.88 Å². The van der Waals surface area contributed by atoms with Crippen LogP contribution in [0.5, 0.6) is 0 Å². The molecule has 1 atom stereocenters. The van der Waals surface area contributed by atoms with Crippen LogP contribution < -0.4 is 4.90 Å². The van der Waals surface area contributed by atoms with E-state index in [2.05, 4.69) is 42.1 Å². The van der Waals surface area contributed by atoms with E-state index in [0.717, 1.165) is 37.7 Å². The summed E-state index contributed by atoms with van der Waals surface area (Å²) < 4.78 is 0. The maximum absolute atomic E-state index is 6.04. The molecule has 4 rings (SSSR count). The van der Waals surface area contributed by atoms with Crippen molar-refractivity contribution in [2.75, 3.05) is 31.1 Å². The summed E-state index contributed by atoms with van der Waals surface area (Å²) in [5.41, 5.74) is 0.802. The minimum absolute atomic E-state index is 0.0898. The van der Waals surface area contributed by atoms with E-state index >= 15 is 0 Å². The molecule has 0 spiro atoms. The predicted molar refractivity (Wildman–Crippen MR) is 98.4 cm³/mol. The van der Waals surface area contributed by atoms with Gasteiger partial charge in [-0.25, -0.2) is 4.98 Å². The van der Waals surface area contributed by atoms with Crippen LogP contribution in [0.25, 0.3) is 5.69 Å². The van der Waals surface area contributed by atoms with E-state index in [4.69, 9.17) is 11.6 Å². The summed E-state index contributed by atoms with van der Waals surface area (Å²) in [5.74, 6) is 1.63. The molecule has 1 aliphatic heterocycles. The number of piperazine rings is 1. The molecule has 0 aliphatic carbocycles. The topological polar surface area (TPSA) is 75.9 Å². The molecule has 0 amide bonds. The van der Waals surface area contributed by atoms with Crippen molar-refractivity contribution >= 4 is 17.4 Å². The highest BCUT2D eigenvalue weighted by Crippen LogP contribution is 2.21. The average molecular weight is 371 g/mol. The standard InChI is InChI=1S/C17H19ClN8/c1-13(17-21-23-26(22-17)15-4-2-3-14(18)11-15)24-7-9-25(10-8-24)16-12-19-5-6-20-16/h2-6,11-13H,7-10H2,1H3/t13-/m0/s1. The van der Waals surface area contributed by atoms with Crippen molar-refractivity contribution in [3.63, 3.8) is 0 Å². The van der Waals surface area contributed by atoms with Crippen LogP contribution >= 0.6 is 11.6 Å². The van der Waals surface area contributed by atoms with Crippen molar-refractivity contribution in [2.24, 2.45) is 0 Å². The van der Waals surface area contributed by atoms with Gasteiger partial charge >= 0.3 is 0 Å². The molecule has 1 fully saturated rings. The Morgan fingerprint density at radius 2 is 1.96 bits per heavy atom. The summed E-state index contributed by atoms with van der Waals surface area (Å²) in [6.45, 7) is 5.71. The summed E-state index contributed by atoms with van der Waals surface area (Å²) in [7, 11) is 0. The fraction of sp³-hybridized carbons (Fsp3) is 0.353. The highest BCUT2D eigenvalue weighted by molar-refractivity contribution is 6.30. The number of rotatable bonds is 4. The number of halogens is 1. The first-order chi connectivity index (χ1) is 12.7. The van der Waals surface area contributed by atoms with E-state index < -0.39 is 0 Å². The Bertz CT molecular complexity index is 860. The van der Waals surface area contributed by atoms with Crippen LogP contribution in [0.1, 0.15) is 18.8 Å². The van der Waals surface area contributed by atoms with Crippen LogP contribution in [0.2, 0.25) is 5.02 Å². The van der Waals surface area contributed by atoms with Gasteiger partial charge in [0.15, 0.2) is 5.82 Å². The highest BCUT2D eigenvalue weighted by Gasteiger charge is 2.25. The molecule has 9 heteroatoms. The second-order valence-corrected chi connectivity index (χ2v) is 6.62. The van der Waals surface area contributed by atoms with Crippen LogP contribution in [0, 0.1) is 0 Å². The lowest BCUT2D eigenvalue weighted by Crippen LogP contribution is -2.47. The molecule has 26 heavy (non-hydrogen) atoms. The van der Waals surface area contributed by atoms with Gasteiger partial charge in [0.1, 0.15) is 5.82 Å². The van der Waals surface area contributed by atoms with E-state index in [9.17, 15) is 0 Å². The number of nitrogens with zero attached hydrogens (tertiary/aromatic N) is 8. The van der Waals surface area contributed by atoms with Crippen LogP contribution in [0.15, 0.2) is 42.9 Å². The van der Waals surface area contributed by atoms with Gasteiger partial charge in [-0.2, -0.15) is 0 Å². The Labute approximate surface area is 156 Å². The third kappa shape index (κ3) is 3.51. The van der Waals surface area contributed by atoms with Crippen molar-refractivity contribution in [1.29, 1.82) is 0 Å². The number of tetrazole rings is 1. The maximum Gasteiger partial charge on any atom is 0.192 e. The molecule has 0 N–H and O–H groups in total. The Balaban J connectivity index is 1.42. The maximum atomic E-state index is 6.04. The molecule has 0 bridgehead atoms. The zero-order valence-corrected chi connectivity index (χ0v) is 15.2.